The lowest BCUT2D eigenvalue weighted by atomic mass is 10.0. The van der Waals surface area contributed by atoms with Crippen molar-refractivity contribution in [1.29, 1.82) is 5.41 Å². The smallest absolute Gasteiger partial charge is 0.242 e. The topological polar surface area (TPSA) is 90.3 Å². The Morgan fingerprint density at radius 3 is 2.68 bits per heavy atom. The molecule has 1 fully saturated rings. The minimum atomic E-state index is -0.309. The molecular formula is C18H31N3O3S. The number of unbranched alkanes of at least 4 members (excludes halogenated alkanes) is 1. The molecule has 0 aliphatic carbocycles. The number of carbonyl (C=O) groups excluding carboxylic acids is 3. The Balaban J connectivity index is 2.28. The average Bonchev–Trinajstić information content (AvgIpc) is 2.83. The minimum absolute atomic E-state index is 0.0283. The van der Waals surface area contributed by atoms with E-state index in [0.717, 1.165) is 37.1 Å². The molecule has 1 rings (SSSR count). The molecule has 6 nitrogen and oxygen atoms in total. The molecule has 1 atom stereocenters. The van der Waals surface area contributed by atoms with Crippen molar-refractivity contribution in [1.82, 2.24) is 10.2 Å². The maximum Gasteiger partial charge on any atom is 0.242 e. The lowest BCUT2D eigenvalue weighted by Gasteiger charge is -2.15. The van der Waals surface area contributed by atoms with Gasteiger partial charge in [-0.25, -0.2) is 0 Å². The third-order valence-corrected chi connectivity index (χ3v) is 5.52. The first-order chi connectivity index (χ1) is 11.9. The summed E-state index contributed by atoms with van der Waals surface area (Å²) in [6.07, 6.45) is 4.14. The molecule has 3 amide bonds. The number of nitrogens with zero attached hydrogens (tertiary/aromatic N) is 1. The van der Waals surface area contributed by atoms with E-state index in [1.807, 2.05) is 20.8 Å². The van der Waals surface area contributed by atoms with Gasteiger partial charge < -0.3 is 10.7 Å². The van der Waals surface area contributed by atoms with Crippen LogP contribution in [-0.4, -0.2) is 52.4 Å². The van der Waals surface area contributed by atoms with E-state index in [1.54, 1.807) is 0 Å². The number of likely N-dealkylation sites (tertiary alicyclic amines) is 1. The van der Waals surface area contributed by atoms with Crippen molar-refractivity contribution < 1.29 is 14.4 Å². The Kier molecular flexibility index (Phi) is 9.78. The molecule has 0 aromatic heterocycles. The summed E-state index contributed by atoms with van der Waals surface area (Å²) in [6.45, 7) is 6.62. The fourth-order valence-electron chi connectivity index (χ4n) is 2.53. The fraction of sp³-hybridized carbons (Fsp3) is 0.778. The largest absolute Gasteiger partial charge is 0.354 e. The van der Waals surface area contributed by atoms with E-state index in [4.69, 9.17) is 5.41 Å². The first kappa shape index (κ1) is 21.7. The fourth-order valence-corrected chi connectivity index (χ4v) is 3.65. The van der Waals surface area contributed by atoms with E-state index in [1.165, 1.54) is 16.7 Å². The van der Waals surface area contributed by atoms with Crippen LogP contribution in [0, 0.1) is 11.3 Å². The highest BCUT2D eigenvalue weighted by Gasteiger charge is 2.38. The predicted octanol–water partition coefficient (Wildman–Crippen LogP) is 2.61. The zero-order valence-electron chi connectivity index (χ0n) is 15.6. The molecule has 1 saturated heterocycles. The summed E-state index contributed by atoms with van der Waals surface area (Å²) in [5.74, 6) is 0.722. The van der Waals surface area contributed by atoms with Crippen LogP contribution in [0.1, 0.15) is 59.3 Å². The highest BCUT2D eigenvalue weighted by Crippen LogP contribution is 2.26. The highest BCUT2D eigenvalue weighted by molar-refractivity contribution is 8.00. The van der Waals surface area contributed by atoms with Gasteiger partial charge in [0.1, 0.15) is 0 Å². The number of rotatable bonds is 12. The van der Waals surface area contributed by atoms with Crippen LogP contribution in [0.25, 0.3) is 0 Å². The van der Waals surface area contributed by atoms with Gasteiger partial charge in [-0.05, 0) is 30.9 Å². The Bertz CT molecular complexity index is 494. The van der Waals surface area contributed by atoms with Crippen LogP contribution in [-0.2, 0) is 14.4 Å². The van der Waals surface area contributed by atoms with Gasteiger partial charge in [0.2, 0.25) is 17.7 Å². The van der Waals surface area contributed by atoms with Gasteiger partial charge in [-0.15, -0.1) is 11.8 Å². The molecule has 0 aromatic rings. The normalized spacial score (nSPS) is 17.4. The monoisotopic (exact) mass is 369 g/mol. The highest BCUT2D eigenvalue weighted by atomic mass is 32.2. The minimum Gasteiger partial charge on any atom is -0.354 e. The van der Waals surface area contributed by atoms with Crippen LogP contribution in [0.5, 0.6) is 0 Å². The quantitative estimate of drug-likeness (QED) is 0.314. The standard InChI is InChI=1S/C18H31N3O3S/c1-4-5-8-16(22)20-9-10-21-17(23)12-15(18(21)24)25-11-6-7-14(19)13(2)3/h13,15,19H,4-12H2,1-3H3,(H,20,22). The Hall–Kier alpha value is -1.37. The van der Waals surface area contributed by atoms with Gasteiger partial charge in [-0.2, -0.15) is 0 Å². The van der Waals surface area contributed by atoms with E-state index in [0.29, 0.717) is 13.0 Å². The molecule has 0 bridgehead atoms. The summed E-state index contributed by atoms with van der Waals surface area (Å²) in [6, 6.07) is 0. The van der Waals surface area contributed by atoms with Gasteiger partial charge in [0.15, 0.2) is 0 Å². The van der Waals surface area contributed by atoms with E-state index >= 15 is 0 Å². The van der Waals surface area contributed by atoms with Gasteiger partial charge >= 0.3 is 0 Å². The Labute approximate surface area is 155 Å². The molecule has 1 aliphatic heterocycles. The molecule has 0 aromatic carbocycles. The molecule has 0 radical (unpaired) electrons. The van der Waals surface area contributed by atoms with Gasteiger partial charge in [-0.1, -0.05) is 27.2 Å². The number of amides is 3. The van der Waals surface area contributed by atoms with Crippen molar-refractivity contribution in [3.8, 4) is 0 Å². The summed E-state index contributed by atoms with van der Waals surface area (Å²) in [4.78, 5) is 37.2. The van der Waals surface area contributed by atoms with Crippen LogP contribution >= 0.6 is 11.8 Å². The summed E-state index contributed by atoms with van der Waals surface area (Å²) < 4.78 is 0. The maximum atomic E-state index is 12.3. The van der Waals surface area contributed by atoms with E-state index in [-0.39, 0.29) is 41.9 Å². The molecular weight excluding hydrogens is 338 g/mol. The van der Waals surface area contributed by atoms with Crippen molar-refractivity contribution in [3.05, 3.63) is 0 Å². The Morgan fingerprint density at radius 1 is 1.32 bits per heavy atom. The first-order valence-corrected chi connectivity index (χ1v) is 10.2. The van der Waals surface area contributed by atoms with E-state index in [2.05, 4.69) is 5.32 Å². The van der Waals surface area contributed by atoms with E-state index in [9.17, 15) is 14.4 Å². The first-order valence-electron chi connectivity index (χ1n) is 9.16. The SMILES string of the molecule is CCCCC(=O)NCCN1C(=O)CC(SCCCC(=N)C(C)C)C1=O. The lowest BCUT2D eigenvalue weighted by Crippen LogP contribution is -2.38. The van der Waals surface area contributed by atoms with Crippen LogP contribution in [0.3, 0.4) is 0 Å². The summed E-state index contributed by atoms with van der Waals surface area (Å²) in [7, 11) is 0. The van der Waals surface area contributed by atoms with Gasteiger partial charge in [0, 0.05) is 31.6 Å². The molecule has 142 valence electrons. The van der Waals surface area contributed by atoms with Crippen molar-refractivity contribution in [2.45, 2.75) is 64.5 Å². The molecule has 1 aliphatic rings. The van der Waals surface area contributed by atoms with E-state index < -0.39 is 0 Å². The number of imide groups is 1. The van der Waals surface area contributed by atoms with Crippen molar-refractivity contribution in [2.24, 2.45) is 5.92 Å². The third kappa shape index (κ3) is 7.59. The second-order valence-electron chi connectivity index (χ2n) is 6.68. The average molecular weight is 370 g/mol. The second kappa shape index (κ2) is 11.3. The van der Waals surface area contributed by atoms with Crippen molar-refractivity contribution in [2.75, 3.05) is 18.8 Å². The zero-order valence-corrected chi connectivity index (χ0v) is 16.4. The molecule has 0 spiro atoms. The molecule has 25 heavy (non-hydrogen) atoms. The van der Waals surface area contributed by atoms with Crippen LogP contribution in [0.4, 0.5) is 0 Å². The van der Waals surface area contributed by atoms with Gasteiger partial charge in [0.05, 0.1) is 5.25 Å². The van der Waals surface area contributed by atoms with Crippen molar-refractivity contribution in [3.63, 3.8) is 0 Å². The number of hydrogen-bond acceptors (Lipinski definition) is 5. The molecule has 1 heterocycles. The number of nitrogens with one attached hydrogen (secondary N) is 2. The molecule has 1 unspecified atom stereocenters. The maximum absolute atomic E-state index is 12.3. The molecule has 7 heteroatoms. The van der Waals surface area contributed by atoms with Crippen LogP contribution < -0.4 is 5.32 Å². The summed E-state index contributed by atoms with van der Waals surface area (Å²) in [5, 5.41) is 10.3. The van der Waals surface area contributed by atoms with Gasteiger partial charge in [-0.3, -0.25) is 19.3 Å². The zero-order chi connectivity index (χ0) is 18.8. The number of carbonyl (C=O) groups is 3. The molecule has 2 N–H and O–H groups in total. The third-order valence-electron chi connectivity index (χ3n) is 4.22. The predicted molar refractivity (Wildman–Crippen MR) is 102 cm³/mol. The number of thioether (sulfide) groups is 1. The van der Waals surface area contributed by atoms with Gasteiger partial charge in [0.25, 0.3) is 0 Å². The lowest BCUT2D eigenvalue weighted by molar-refractivity contribution is -0.138. The van der Waals surface area contributed by atoms with Crippen LogP contribution in [0.15, 0.2) is 0 Å². The van der Waals surface area contributed by atoms with Crippen LogP contribution in [0.2, 0.25) is 0 Å². The molecule has 0 saturated carbocycles. The Morgan fingerprint density at radius 2 is 2.04 bits per heavy atom. The summed E-state index contributed by atoms with van der Waals surface area (Å²) in [5.41, 5.74) is 0.731. The number of hydrogen-bond donors (Lipinski definition) is 2. The van der Waals surface area contributed by atoms with Crippen molar-refractivity contribution >= 4 is 35.2 Å². The summed E-state index contributed by atoms with van der Waals surface area (Å²) >= 11 is 1.51. The second-order valence-corrected chi connectivity index (χ2v) is 7.99.